The highest BCUT2D eigenvalue weighted by molar-refractivity contribution is 7.49. The van der Waals surface area contributed by atoms with E-state index in [9.17, 15) is 14.2 Å². The van der Waals surface area contributed by atoms with Crippen molar-refractivity contribution in [3.05, 3.63) is 52.6 Å². The highest BCUT2D eigenvalue weighted by Gasteiger charge is 2.63. The molecule has 2 unspecified atom stereocenters. The van der Waals surface area contributed by atoms with Gasteiger partial charge < -0.3 is 19.7 Å². The molecule has 3 heterocycles. The van der Waals surface area contributed by atoms with E-state index in [1.165, 1.54) is 32.1 Å². The summed E-state index contributed by atoms with van der Waals surface area (Å²) in [4.78, 5) is 28.5. The summed E-state index contributed by atoms with van der Waals surface area (Å²) in [7, 11) is -4.21. The highest BCUT2D eigenvalue weighted by Crippen LogP contribution is 2.55. The number of nitrogens with zero attached hydrogens (tertiary/aromatic N) is 2. The number of fused-ring (bicyclic) bond motifs is 1. The molecule has 1 fully saturated rings. The summed E-state index contributed by atoms with van der Waals surface area (Å²) in [6.07, 6.45) is 5.49. The lowest BCUT2D eigenvalue weighted by Crippen LogP contribution is -2.44. The number of alkyl halides is 2. The first kappa shape index (κ1) is 33.0. The minimum atomic E-state index is -4.21. The van der Waals surface area contributed by atoms with Crippen molar-refractivity contribution in [2.24, 2.45) is 0 Å². The van der Waals surface area contributed by atoms with Crippen molar-refractivity contribution in [2.45, 2.75) is 109 Å². The number of halogens is 2. The van der Waals surface area contributed by atoms with Crippen LogP contribution in [-0.2, 0) is 34.5 Å². The third-order valence-corrected chi connectivity index (χ3v) is 8.74. The number of unbranched alkanes of at least 4 members (excludes halogenated alkanes) is 9. The van der Waals surface area contributed by atoms with Crippen molar-refractivity contribution >= 4 is 19.6 Å². The van der Waals surface area contributed by atoms with Crippen LogP contribution in [0.15, 0.2) is 41.3 Å². The number of carbonyl (C=O) groups is 1. The van der Waals surface area contributed by atoms with Crippen LogP contribution in [0.5, 0.6) is 5.75 Å². The number of benzene rings is 1. The Morgan fingerprint density at radius 2 is 1.77 bits per heavy atom. The van der Waals surface area contributed by atoms with Crippen LogP contribution in [0, 0.1) is 0 Å². The standard InChI is InChI=1S/C29H40F2N3O8P/c1-2-3-4-5-6-7-8-9-10-11-16-25(35)41-26-23(20-39-43(37)38-19-21-14-12-13-15-22(21)42-43)40-27(29(26,30)31)34-18-17-24(32)33-28(34)36/h12-15,17-18,23,26-27H,2-11,16,19-20H2,1H3,(H2,32,33,36)/t23?,26-,27-,43?/m1/s1. The van der Waals surface area contributed by atoms with Crippen LogP contribution >= 0.6 is 7.82 Å². The van der Waals surface area contributed by atoms with E-state index >= 15 is 8.78 Å². The molecule has 0 spiro atoms. The van der Waals surface area contributed by atoms with Gasteiger partial charge in [0.2, 0.25) is 6.23 Å². The van der Waals surface area contributed by atoms with Gasteiger partial charge in [0.05, 0.1) is 13.2 Å². The molecule has 14 heteroatoms. The minimum absolute atomic E-state index is 0.0633. The van der Waals surface area contributed by atoms with Crippen LogP contribution < -0.4 is 15.9 Å². The van der Waals surface area contributed by atoms with Crippen LogP contribution in [0.1, 0.15) is 89.3 Å². The Balaban J connectivity index is 1.37. The van der Waals surface area contributed by atoms with E-state index in [1.807, 2.05) is 0 Å². The molecule has 0 amide bonds. The Morgan fingerprint density at radius 3 is 2.47 bits per heavy atom. The van der Waals surface area contributed by atoms with E-state index in [0.29, 0.717) is 16.6 Å². The molecule has 2 N–H and O–H groups in total. The first-order chi connectivity index (χ1) is 20.6. The van der Waals surface area contributed by atoms with Gasteiger partial charge in [0, 0.05) is 18.2 Å². The number of para-hydroxylation sites is 1. The number of nitrogen functional groups attached to an aromatic ring is 1. The predicted octanol–water partition coefficient (Wildman–Crippen LogP) is 6.31. The van der Waals surface area contributed by atoms with Crippen LogP contribution in [0.25, 0.3) is 0 Å². The summed E-state index contributed by atoms with van der Waals surface area (Å²) in [5.74, 6) is -4.61. The fourth-order valence-corrected chi connectivity index (χ4v) is 6.27. The molecule has 0 aliphatic carbocycles. The van der Waals surface area contributed by atoms with Crippen molar-refractivity contribution in [3.8, 4) is 5.75 Å². The predicted molar refractivity (Wildman–Crippen MR) is 154 cm³/mol. The van der Waals surface area contributed by atoms with E-state index in [4.69, 9.17) is 28.8 Å². The minimum Gasteiger partial charge on any atom is -0.453 e. The maximum atomic E-state index is 15.7. The number of nitrogens with two attached hydrogens (primary N) is 1. The first-order valence-electron chi connectivity index (χ1n) is 14.9. The van der Waals surface area contributed by atoms with Crippen LogP contribution in [-0.4, -0.2) is 40.3 Å². The third-order valence-electron chi connectivity index (χ3n) is 7.40. The van der Waals surface area contributed by atoms with E-state index in [2.05, 4.69) is 11.9 Å². The molecule has 0 radical (unpaired) electrons. The van der Waals surface area contributed by atoms with Gasteiger partial charge in [0.25, 0.3) is 0 Å². The second-order valence-electron chi connectivity index (χ2n) is 10.8. The molecule has 11 nitrogen and oxygen atoms in total. The van der Waals surface area contributed by atoms with Gasteiger partial charge in [0.1, 0.15) is 17.7 Å². The molecule has 1 aromatic heterocycles. The van der Waals surface area contributed by atoms with Crippen molar-refractivity contribution < 1.29 is 41.2 Å². The van der Waals surface area contributed by atoms with Crippen LogP contribution in [0.4, 0.5) is 14.6 Å². The van der Waals surface area contributed by atoms with Gasteiger partial charge in [-0.15, -0.1) is 0 Å². The molecule has 2 aliphatic rings. The zero-order valence-corrected chi connectivity index (χ0v) is 25.2. The Bertz CT molecular complexity index is 1330. The number of anilines is 1. The zero-order valence-electron chi connectivity index (χ0n) is 24.3. The number of aromatic nitrogens is 2. The number of phosphoric ester groups is 1. The summed E-state index contributed by atoms with van der Waals surface area (Å²) < 4.78 is 71.9. The van der Waals surface area contributed by atoms with Gasteiger partial charge in [-0.3, -0.25) is 18.4 Å². The molecule has 0 bridgehead atoms. The van der Waals surface area contributed by atoms with E-state index in [0.717, 1.165) is 37.9 Å². The number of ether oxygens (including phenoxy) is 2. The molecule has 1 saturated heterocycles. The number of carbonyl (C=O) groups excluding carboxylic acids is 1. The van der Waals surface area contributed by atoms with E-state index < -0.39 is 50.4 Å². The molecule has 4 rings (SSSR count). The van der Waals surface area contributed by atoms with Gasteiger partial charge in [0.15, 0.2) is 6.10 Å². The van der Waals surface area contributed by atoms with Crippen LogP contribution in [0.2, 0.25) is 0 Å². The van der Waals surface area contributed by atoms with Crippen molar-refractivity contribution in [1.82, 2.24) is 9.55 Å². The fraction of sp³-hybridized carbons (Fsp3) is 0.621. The highest BCUT2D eigenvalue weighted by atomic mass is 31.2. The number of hydrogen-bond acceptors (Lipinski definition) is 10. The smallest absolute Gasteiger partial charge is 0.453 e. The summed E-state index contributed by atoms with van der Waals surface area (Å²) >= 11 is 0. The second-order valence-corrected chi connectivity index (χ2v) is 12.4. The maximum Gasteiger partial charge on any atom is 0.530 e. The molecular weight excluding hydrogens is 587 g/mol. The van der Waals surface area contributed by atoms with Gasteiger partial charge in [-0.25, -0.2) is 9.36 Å². The summed E-state index contributed by atoms with van der Waals surface area (Å²) in [5.41, 5.74) is 5.06. The number of hydrogen-bond donors (Lipinski definition) is 1. The Hall–Kier alpha value is -2.86. The summed E-state index contributed by atoms with van der Waals surface area (Å²) in [6, 6.07) is 7.87. The van der Waals surface area contributed by atoms with E-state index in [-0.39, 0.29) is 24.6 Å². The molecule has 0 saturated carbocycles. The lowest BCUT2D eigenvalue weighted by Gasteiger charge is -2.27. The molecule has 2 aromatic rings. The topological polar surface area (TPSA) is 141 Å². The quantitative estimate of drug-likeness (QED) is 0.128. The number of esters is 1. The van der Waals surface area contributed by atoms with Gasteiger partial charge >= 0.3 is 25.4 Å². The van der Waals surface area contributed by atoms with Crippen molar-refractivity contribution in [1.29, 1.82) is 0 Å². The normalized spacial score (nSPS) is 24.3. The number of rotatable bonds is 16. The van der Waals surface area contributed by atoms with Gasteiger partial charge in [-0.1, -0.05) is 82.9 Å². The van der Waals surface area contributed by atoms with E-state index in [1.54, 1.807) is 24.3 Å². The summed E-state index contributed by atoms with van der Waals surface area (Å²) in [5, 5.41) is 0. The van der Waals surface area contributed by atoms with Crippen molar-refractivity contribution in [3.63, 3.8) is 0 Å². The SMILES string of the molecule is CCCCCCCCCCCCC(=O)O[C@@H]1C(COP2(=O)OCc3ccccc3O2)O[C@@H](n2ccc(N)nc2=O)C1(F)F. The monoisotopic (exact) mass is 627 g/mol. The van der Waals surface area contributed by atoms with Gasteiger partial charge in [-0.2, -0.15) is 13.8 Å². The first-order valence-corrected chi connectivity index (χ1v) is 16.3. The average Bonchev–Trinajstić information content (AvgIpc) is 3.21. The molecule has 1 aromatic carbocycles. The molecule has 4 atom stereocenters. The largest absolute Gasteiger partial charge is 0.530 e. The number of phosphoric acid groups is 1. The molecule has 43 heavy (non-hydrogen) atoms. The summed E-state index contributed by atoms with van der Waals surface area (Å²) in [6.45, 7) is 1.36. The molecule has 238 valence electrons. The van der Waals surface area contributed by atoms with Gasteiger partial charge in [-0.05, 0) is 18.6 Å². The lowest BCUT2D eigenvalue weighted by molar-refractivity contribution is -0.176. The Labute approximate surface area is 249 Å². The van der Waals surface area contributed by atoms with Crippen molar-refractivity contribution in [2.75, 3.05) is 12.3 Å². The third kappa shape index (κ3) is 8.84. The Morgan fingerprint density at radius 1 is 1.09 bits per heavy atom. The zero-order chi connectivity index (χ0) is 30.9. The Kier molecular flexibility index (Phi) is 11.7. The maximum absolute atomic E-state index is 15.7. The lowest BCUT2D eigenvalue weighted by atomic mass is 10.1. The van der Waals surface area contributed by atoms with Crippen LogP contribution in [0.3, 0.4) is 0 Å². The molecular formula is C29H40F2N3O8P. The second kappa shape index (κ2) is 15.2. The molecule has 2 aliphatic heterocycles. The fourth-order valence-electron chi connectivity index (χ4n) is 5.05. The average molecular weight is 628 g/mol.